The average molecular weight is 224 g/mol. The summed E-state index contributed by atoms with van der Waals surface area (Å²) in [5.74, 6) is 1.08. The molecule has 1 N–H and O–H groups in total. The molecule has 0 radical (unpaired) electrons. The molecule has 0 aromatic carbocycles. The molecule has 3 heteroatoms. The van der Waals surface area contributed by atoms with Crippen molar-refractivity contribution in [2.75, 3.05) is 20.1 Å². The number of furan rings is 1. The van der Waals surface area contributed by atoms with Crippen LogP contribution in [-0.2, 0) is 13.1 Å². The molecule has 0 aliphatic heterocycles. The predicted molar refractivity (Wildman–Crippen MR) is 67.3 cm³/mol. The summed E-state index contributed by atoms with van der Waals surface area (Å²) in [7, 11) is 1.95. The van der Waals surface area contributed by atoms with Crippen LogP contribution in [0.15, 0.2) is 16.7 Å². The fraction of sp³-hybridized carbons (Fsp3) is 0.692. The standard InChI is InChI=1S/C13H24N2O/c1-4-6-15(7-5-2)10-13-8-12(9-14-3)11-16-13/h8,11,14H,4-7,9-10H2,1-3H3. The zero-order chi connectivity index (χ0) is 11.8. The van der Waals surface area contributed by atoms with Crippen LogP contribution in [0.5, 0.6) is 0 Å². The van der Waals surface area contributed by atoms with Crippen LogP contribution in [0.1, 0.15) is 38.0 Å². The molecule has 1 heterocycles. The number of rotatable bonds is 8. The fourth-order valence-corrected chi connectivity index (χ4v) is 1.93. The second kappa shape index (κ2) is 7.47. The van der Waals surface area contributed by atoms with Gasteiger partial charge < -0.3 is 9.73 Å². The molecule has 0 fully saturated rings. The van der Waals surface area contributed by atoms with Gasteiger partial charge in [-0.1, -0.05) is 13.8 Å². The molecule has 0 amide bonds. The smallest absolute Gasteiger partial charge is 0.118 e. The Morgan fingerprint density at radius 2 is 1.94 bits per heavy atom. The SMILES string of the molecule is CCCN(CCC)Cc1cc(CNC)co1. The zero-order valence-corrected chi connectivity index (χ0v) is 10.8. The van der Waals surface area contributed by atoms with Crippen molar-refractivity contribution >= 4 is 0 Å². The molecule has 16 heavy (non-hydrogen) atoms. The van der Waals surface area contributed by atoms with E-state index in [0.29, 0.717) is 0 Å². The Labute approximate surface area is 98.8 Å². The van der Waals surface area contributed by atoms with Crippen molar-refractivity contribution in [1.29, 1.82) is 0 Å². The number of nitrogens with zero attached hydrogens (tertiary/aromatic N) is 1. The van der Waals surface area contributed by atoms with Crippen LogP contribution in [0.3, 0.4) is 0 Å². The van der Waals surface area contributed by atoms with E-state index < -0.39 is 0 Å². The van der Waals surface area contributed by atoms with Gasteiger partial charge in [0.15, 0.2) is 0 Å². The summed E-state index contributed by atoms with van der Waals surface area (Å²) in [6.07, 6.45) is 4.25. The minimum absolute atomic E-state index is 0.880. The van der Waals surface area contributed by atoms with E-state index in [2.05, 4.69) is 30.1 Å². The summed E-state index contributed by atoms with van der Waals surface area (Å²) in [6.45, 7) is 8.55. The maximum atomic E-state index is 5.56. The first-order chi connectivity index (χ1) is 7.80. The average Bonchev–Trinajstić information content (AvgIpc) is 2.67. The maximum Gasteiger partial charge on any atom is 0.118 e. The number of hydrogen-bond acceptors (Lipinski definition) is 3. The summed E-state index contributed by atoms with van der Waals surface area (Å²) in [5.41, 5.74) is 1.23. The van der Waals surface area contributed by atoms with Gasteiger partial charge >= 0.3 is 0 Å². The molecule has 0 spiro atoms. The Morgan fingerprint density at radius 3 is 2.50 bits per heavy atom. The Hall–Kier alpha value is -0.800. The van der Waals surface area contributed by atoms with Crippen molar-refractivity contribution in [2.24, 2.45) is 0 Å². The molecule has 0 aliphatic rings. The van der Waals surface area contributed by atoms with E-state index in [-0.39, 0.29) is 0 Å². The Morgan fingerprint density at radius 1 is 1.25 bits per heavy atom. The lowest BCUT2D eigenvalue weighted by Crippen LogP contribution is -2.24. The first-order valence-corrected chi connectivity index (χ1v) is 6.23. The quantitative estimate of drug-likeness (QED) is 0.736. The third-order valence-electron chi connectivity index (χ3n) is 2.55. The number of nitrogens with one attached hydrogen (secondary N) is 1. The topological polar surface area (TPSA) is 28.4 Å². The van der Waals surface area contributed by atoms with Crippen molar-refractivity contribution in [3.63, 3.8) is 0 Å². The van der Waals surface area contributed by atoms with Gasteiger partial charge in [0.2, 0.25) is 0 Å². The van der Waals surface area contributed by atoms with E-state index in [9.17, 15) is 0 Å². The lowest BCUT2D eigenvalue weighted by Gasteiger charge is -2.19. The van der Waals surface area contributed by atoms with Crippen molar-refractivity contribution in [3.8, 4) is 0 Å². The van der Waals surface area contributed by atoms with Gasteiger partial charge in [0.1, 0.15) is 5.76 Å². The first-order valence-electron chi connectivity index (χ1n) is 6.23. The highest BCUT2D eigenvalue weighted by atomic mass is 16.3. The molecule has 1 aromatic heterocycles. The van der Waals surface area contributed by atoms with E-state index in [0.717, 1.165) is 31.9 Å². The molecule has 0 aliphatic carbocycles. The van der Waals surface area contributed by atoms with Gasteiger partial charge in [-0.3, -0.25) is 4.90 Å². The Balaban J connectivity index is 2.48. The Kier molecular flexibility index (Phi) is 6.19. The molecule has 0 atom stereocenters. The highest BCUT2D eigenvalue weighted by molar-refractivity contribution is 5.12. The van der Waals surface area contributed by atoms with Gasteiger partial charge in [-0.15, -0.1) is 0 Å². The van der Waals surface area contributed by atoms with Gasteiger partial charge in [0.25, 0.3) is 0 Å². The van der Waals surface area contributed by atoms with Crippen LogP contribution in [-0.4, -0.2) is 25.0 Å². The van der Waals surface area contributed by atoms with Gasteiger partial charge in [-0.05, 0) is 39.0 Å². The summed E-state index contributed by atoms with van der Waals surface area (Å²) in [5, 5.41) is 3.13. The van der Waals surface area contributed by atoms with E-state index in [1.807, 2.05) is 13.3 Å². The van der Waals surface area contributed by atoms with Gasteiger partial charge in [0, 0.05) is 12.1 Å². The predicted octanol–water partition coefficient (Wildman–Crippen LogP) is 2.62. The van der Waals surface area contributed by atoms with Crippen LogP contribution in [0.4, 0.5) is 0 Å². The van der Waals surface area contributed by atoms with Crippen LogP contribution < -0.4 is 5.32 Å². The van der Waals surface area contributed by atoms with Crippen molar-refractivity contribution in [3.05, 3.63) is 23.7 Å². The lowest BCUT2D eigenvalue weighted by molar-refractivity contribution is 0.244. The highest BCUT2D eigenvalue weighted by Gasteiger charge is 2.07. The molecular weight excluding hydrogens is 200 g/mol. The van der Waals surface area contributed by atoms with Gasteiger partial charge in [0.05, 0.1) is 12.8 Å². The number of hydrogen-bond donors (Lipinski definition) is 1. The van der Waals surface area contributed by atoms with E-state index in [4.69, 9.17) is 4.42 Å². The van der Waals surface area contributed by atoms with E-state index >= 15 is 0 Å². The van der Waals surface area contributed by atoms with Crippen LogP contribution >= 0.6 is 0 Å². The second-order valence-corrected chi connectivity index (χ2v) is 4.23. The second-order valence-electron chi connectivity index (χ2n) is 4.23. The van der Waals surface area contributed by atoms with Crippen LogP contribution in [0, 0.1) is 0 Å². The first kappa shape index (κ1) is 13.3. The lowest BCUT2D eigenvalue weighted by atomic mass is 10.3. The molecule has 0 saturated heterocycles. The van der Waals surface area contributed by atoms with Crippen LogP contribution in [0.25, 0.3) is 0 Å². The minimum atomic E-state index is 0.880. The molecule has 3 nitrogen and oxygen atoms in total. The van der Waals surface area contributed by atoms with Crippen molar-refractivity contribution in [1.82, 2.24) is 10.2 Å². The normalized spacial score (nSPS) is 11.2. The third kappa shape index (κ3) is 4.37. The minimum Gasteiger partial charge on any atom is -0.468 e. The van der Waals surface area contributed by atoms with Crippen LogP contribution in [0.2, 0.25) is 0 Å². The molecule has 1 rings (SSSR count). The molecule has 92 valence electrons. The molecule has 0 unspecified atom stereocenters. The van der Waals surface area contributed by atoms with E-state index in [1.165, 1.54) is 18.4 Å². The molecule has 1 aromatic rings. The summed E-state index contributed by atoms with van der Waals surface area (Å²) < 4.78 is 5.56. The van der Waals surface area contributed by atoms with Crippen molar-refractivity contribution in [2.45, 2.75) is 39.8 Å². The van der Waals surface area contributed by atoms with Crippen molar-refractivity contribution < 1.29 is 4.42 Å². The fourth-order valence-electron chi connectivity index (χ4n) is 1.93. The zero-order valence-electron chi connectivity index (χ0n) is 10.8. The molecular formula is C13H24N2O. The summed E-state index contributed by atoms with van der Waals surface area (Å²) in [6, 6.07) is 2.15. The summed E-state index contributed by atoms with van der Waals surface area (Å²) in [4.78, 5) is 2.45. The maximum absolute atomic E-state index is 5.56. The Bertz CT molecular complexity index is 277. The summed E-state index contributed by atoms with van der Waals surface area (Å²) >= 11 is 0. The largest absolute Gasteiger partial charge is 0.468 e. The van der Waals surface area contributed by atoms with E-state index in [1.54, 1.807) is 0 Å². The van der Waals surface area contributed by atoms with Gasteiger partial charge in [-0.2, -0.15) is 0 Å². The highest BCUT2D eigenvalue weighted by Crippen LogP contribution is 2.11. The monoisotopic (exact) mass is 224 g/mol. The third-order valence-corrected chi connectivity index (χ3v) is 2.55. The molecule has 0 bridgehead atoms. The molecule has 0 saturated carbocycles. The van der Waals surface area contributed by atoms with Gasteiger partial charge in [-0.25, -0.2) is 0 Å².